The van der Waals surface area contributed by atoms with Gasteiger partial charge < -0.3 is 4.74 Å². The molecule has 0 saturated carbocycles. The first-order chi connectivity index (χ1) is 15.8. The van der Waals surface area contributed by atoms with Gasteiger partial charge in [-0.2, -0.15) is 13.2 Å². The van der Waals surface area contributed by atoms with Gasteiger partial charge in [-0.15, -0.1) is 6.58 Å². The minimum absolute atomic E-state index is 0.171. The van der Waals surface area contributed by atoms with Crippen molar-refractivity contribution in [2.45, 2.75) is 50.6 Å². The summed E-state index contributed by atoms with van der Waals surface area (Å²) >= 11 is 0. The third kappa shape index (κ3) is 6.25. The zero-order chi connectivity index (χ0) is 23.9. The number of ether oxygens (including phenoxy) is 1. The molecule has 5 heteroatoms. The normalized spacial score (nSPS) is 13.4. The van der Waals surface area contributed by atoms with Crippen LogP contribution in [0.5, 0.6) is 11.5 Å². The topological polar surface area (TPSA) is 9.23 Å². The first-order valence-corrected chi connectivity index (χ1v) is 11.1. The van der Waals surface area contributed by atoms with Crippen molar-refractivity contribution in [1.82, 2.24) is 0 Å². The highest BCUT2D eigenvalue weighted by atomic mass is 19.4. The maximum atomic E-state index is 14.2. The van der Waals surface area contributed by atoms with Crippen LogP contribution < -0.4 is 4.74 Å². The van der Waals surface area contributed by atoms with Gasteiger partial charge >= 0.3 is 6.18 Å². The van der Waals surface area contributed by atoms with E-state index < -0.39 is 23.0 Å². The van der Waals surface area contributed by atoms with Crippen LogP contribution in [-0.4, -0.2) is 0 Å². The number of allylic oxidation sites excluding steroid dienone is 1. The van der Waals surface area contributed by atoms with Crippen molar-refractivity contribution in [3.63, 3.8) is 0 Å². The van der Waals surface area contributed by atoms with E-state index in [0.29, 0.717) is 12.2 Å². The third-order valence-corrected chi connectivity index (χ3v) is 5.93. The molecule has 1 nitrogen and oxygen atoms in total. The second-order valence-electron chi connectivity index (χ2n) is 8.22. The van der Waals surface area contributed by atoms with Gasteiger partial charge in [0.1, 0.15) is 5.75 Å². The van der Waals surface area contributed by atoms with Crippen LogP contribution in [0.3, 0.4) is 0 Å². The van der Waals surface area contributed by atoms with Crippen molar-refractivity contribution in [2.75, 3.05) is 0 Å². The quantitative estimate of drug-likeness (QED) is 0.219. The van der Waals surface area contributed by atoms with E-state index in [-0.39, 0.29) is 5.75 Å². The molecular weight excluding hydrogens is 428 g/mol. The van der Waals surface area contributed by atoms with Gasteiger partial charge in [0.25, 0.3) is 0 Å². The zero-order valence-corrected chi connectivity index (χ0v) is 18.7. The van der Waals surface area contributed by atoms with Crippen LogP contribution in [0.25, 0.3) is 0 Å². The van der Waals surface area contributed by atoms with Crippen molar-refractivity contribution in [3.05, 3.63) is 108 Å². The number of hydrogen-bond acceptors (Lipinski definition) is 1. The molecule has 3 aromatic carbocycles. The summed E-state index contributed by atoms with van der Waals surface area (Å²) in [5.41, 5.74) is 0.698. The van der Waals surface area contributed by atoms with E-state index in [4.69, 9.17) is 4.74 Å². The molecule has 0 heterocycles. The van der Waals surface area contributed by atoms with Gasteiger partial charge in [0, 0.05) is 5.41 Å². The zero-order valence-electron chi connectivity index (χ0n) is 18.7. The summed E-state index contributed by atoms with van der Waals surface area (Å²) in [7, 11) is 0. The molecule has 1 unspecified atom stereocenters. The summed E-state index contributed by atoms with van der Waals surface area (Å²) in [5.74, 6) is 0.299. The van der Waals surface area contributed by atoms with Crippen LogP contribution in [0.1, 0.15) is 49.3 Å². The fraction of sp³-hybridized carbons (Fsp3) is 0.286. The van der Waals surface area contributed by atoms with Gasteiger partial charge in [0.2, 0.25) is 0 Å². The molecule has 0 aliphatic heterocycles. The summed E-state index contributed by atoms with van der Waals surface area (Å²) < 4.78 is 58.9. The highest BCUT2D eigenvalue weighted by Crippen LogP contribution is 2.38. The van der Waals surface area contributed by atoms with Crippen molar-refractivity contribution >= 4 is 0 Å². The Morgan fingerprint density at radius 2 is 1.55 bits per heavy atom. The number of hydrogen-bond donors (Lipinski definition) is 0. The minimum Gasteiger partial charge on any atom is -0.454 e. The minimum atomic E-state index is -4.36. The molecule has 33 heavy (non-hydrogen) atoms. The van der Waals surface area contributed by atoms with E-state index >= 15 is 0 Å². The van der Waals surface area contributed by atoms with Crippen LogP contribution in [0.2, 0.25) is 0 Å². The maximum Gasteiger partial charge on any atom is 0.416 e. The molecule has 0 fully saturated rings. The Morgan fingerprint density at radius 1 is 0.879 bits per heavy atom. The monoisotopic (exact) mass is 456 g/mol. The standard InChI is InChI=1S/C28H28F4O/c1-3-18-27(4-2,22-13-15-23(16-14-22)28(30,31)32)19-8-9-21-12-17-25(29)26(20-21)33-24-10-6-5-7-11-24/h4-7,10-17,20H,2-3,8-9,18-19H2,1H3. The van der Waals surface area contributed by atoms with E-state index in [1.165, 1.54) is 6.07 Å². The molecule has 174 valence electrons. The Hall–Kier alpha value is -3.08. The molecule has 0 aromatic heterocycles. The van der Waals surface area contributed by atoms with Crippen LogP contribution in [0, 0.1) is 5.82 Å². The third-order valence-electron chi connectivity index (χ3n) is 5.93. The van der Waals surface area contributed by atoms with E-state index in [0.717, 1.165) is 48.9 Å². The number of halogens is 4. The smallest absolute Gasteiger partial charge is 0.416 e. The molecular formula is C28H28F4O. The lowest BCUT2D eigenvalue weighted by molar-refractivity contribution is -0.137. The fourth-order valence-electron chi connectivity index (χ4n) is 4.18. The first-order valence-electron chi connectivity index (χ1n) is 11.1. The van der Waals surface area contributed by atoms with Gasteiger partial charge in [-0.25, -0.2) is 4.39 Å². The predicted molar refractivity (Wildman–Crippen MR) is 124 cm³/mol. The van der Waals surface area contributed by atoms with Crippen LogP contribution in [-0.2, 0) is 18.0 Å². The molecule has 0 amide bonds. The van der Waals surface area contributed by atoms with Gasteiger partial charge in [-0.3, -0.25) is 0 Å². The van der Waals surface area contributed by atoms with Crippen molar-refractivity contribution in [2.24, 2.45) is 0 Å². The maximum absolute atomic E-state index is 14.2. The lowest BCUT2D eigenvalue weighted by atomic mass is 9.73. The molecule has 0 N–H and O–H groups in total. The average Bonchev–Trinajstić information content (AvgIpc) is 2.81. The van der Waals surface area contributed by atoms with Crippen molar-refractivity contribution in [1.29, 1.82) is 0 Å². The Bertz CT molecular complexity index is 1040. The van der Waals surface area contributed by atoms with Gasteiger partial charge in [0.05, 0.1) is 5.56 Å². The number of benzene rings is 3. The second-order valence-corrected chi connectivity index (χ2v) is 8.22. The number of aryl methyl sites for hydroxylation is 1. The van der Waals surface area contributed by atoms with E-state index in [9.17, 15) is 17.6 Å². The van der Waals surface area contributed by atoms with Crippen LogP contribution in [0.4, 0.5) is 17.6 Å². The van der Waals surface area contributed by atoms with Crippen molar-refractivity contribution in [3.8, 4) is 11.5 Å². The van der Waals surface area contributed by atoms with E-state index in [2.05, 4.69) is 13.5 Å². The number of rotatable bonds is 10. The SMILES string of the molecule is C=CC(CCC)(CCCc1ccc(F)c(Oc2ccccc2)c1)c1ccc(C(F)(F)F)cc1. The van der Waals surface area contributed by atoms with Crippen LogP contribution in [0.15, 0.2) is 85.5 Å². The largest absolute Gasteiger partial charge is 0.454 e. The Kier molecular flexibility index (Phi) is 7.96. The highest BCUT2D eigenvalue weighted by molar-refractivity contribution is 5.36. The Labute approximate surface area is 192 Å². The number of alkyl halides is 3. The predicted octanol–water partition coefficient (Wildman–Crippen LogP) is 8.88. The molecule has 0 spiro atoms. The summed E-state index contributed by atoms with van der Waals surface area (Å²) in [6.45, 7) is 6.06. The molecule has 0 aliphatic rings. The molecule has 0 saturated heterocycles. The van der Waals surface area contributed by atoms with Gasteiger partial charge in [-0.05, 0) is 73.2 Å². The lowest BCUT2D eigenvalue weighted by Crippen LogP contribution is -2.24. The van der Waals surface area contributed by atoms with Crippen molar-refractivity contribution < 1.29 is 22.3 Å². The molecule has 0 radical (unpaired) electrons. The summed E-state index contributed by atoms with van der Waals surface area (Å²) in [4.78, 5) is 0. The molecule has 3 rings (SSSR count). The number of para-hydroxylation sites is 1. The Balaban J connectivity index is 1.73. The van der Waals surface area contributed by atoms with Crippen LogP contribution >= 0.6 is 0 Å². The summed E-state index contributed by atoms with van der Waals surface area (Å²) in [6, 6.07) is 19.3. The Morgan fingerprint density at radius 3 is 2.15 bits per heavy atom. The van der Waals surface area contributed by atoms with E-state index in [1.807, 2.05) is 24.3 Å². The second kappa shape index (κ2) is 10.7. The average molecular weight is 457 g/mol. The molecule has 0 aliphatic carbocycles. The highest BCUT2D eigenvalue weighted by Gasteiger charge is 2.32. The van der Waals surface area contributed by atoms with Gasteiger partial charge in [0.15, 0.2) is 11.6 Å². The van der Waals surface area contributed by atoms with Gasteiger partial charge in [-0.1, -0.05) is 55.8 Å². The molecule has 0 bridgehead atoms. The summed E-state index contributed by atoms with van der Waals surface area (Å²) in [5, 5.41) is 0. The fourth-order valence-corrected chi connectivity index (χ4v) is 4.18. The molecule has 3 aromatic rings. The lowest BCUT2D eigenvalue weighted by Gasteiger charge is -2.31. The summed E-state index contributed by atoms with van der Waals surface area (Å²) in [6.07, 6.45) is 1.33. The first kappa shape index (κ1) is 24.6. The van der Waals surface area contributed by atoms with E-state index in [1.54, 1.807) is 36.4 Å². The molecule has 1 atom stereocenters.